The molecule has 1 aliphatic heterocycles. The maximum absolute atomic E-state index is 12.4. The van der Waals surface area contributed by atoms with Crippen LogP contribution in [0.2, 0.25) is 5.02 Å². The van der Waals surface area contributed by atoms with Gasteiger partial charge in [0.25, 0.3) is 0 Å². The normalized spacial score (nSPS) is 14.0. The maximum Gasteiger partial charge on any atom is 0.317 e. The quantitative estimate of drug-likeness (QED) is 0.738. The predicted octanol–water partition coefficient (Wildman–Crippen LogP) is 3.67. The van der Waals surface area contributed by atoms with Crippen LogP contribution in [-0.2, 0) is 19.6 Å². The number of amides is 2. The number of nitrogens with zero attached hydrogens (tertiary/aromatic N) is 2. The van der Waals surface area contributed by atoms with Gasteiger partial charge in [0, 0.05) is 50.8 Å². The second-order valence-electron chi connectivity index (χ2n) is 6.53. The second kappa shape index (κ2) is 12.1. The first kappa shape index (κ1) is 24.5. The van der Waals surface area contributed by atoms with Crippen molar-refractivity contribution in [1.82, 2.24) is 15.1 Å². The van der Waals surface area contributed by atoms with Crippen LogP contribution in [0.5, 0.6) is 0 Å². The molecule has 154 valence electrons. The molecule has 2 aromatic rings. The first-order chi connectivity index (χ1) is 12.7. The molecular weight excluding hydrogens is 419 g/mol. The Labute approximate surface area is 184 Å². The summed E-state index contributed by atoms with van der Waals surface area (Å²) in [5, 5.41) is 3.80. The zero-order valence-electron chi connectivity index (χ0n) is 15.6. The average Bonchev–Trinajstić information content (AvgIpc) is 2.69. The van der Waals surface area contributed by atoms with E-state index in [9.17, 15) is 4.79 Å². The summed E-state index contributed by atoms with van der Waals surface area (Å²) < 4.78 is 0. The number of nitrogens with two attached hydrogens (primary N) is 1. The highest BCUT2D eigenvalue weighted by Crippen LogP contribution is 2.18. The van der Waals surface area contributed by atoms with Gasteiger partial charge in [0.15, 0.2) is 0 Å². The summed E-state index contributed by atoms with van der Waals surface area (Å²) in [5.41, 5.74) is 8.90. The van der Waals surface area contributed by atoms with Crippen LogP contribution in [-0.4, -0.2) is 42.0 Å². The van der Waals surface area contributed by atoms with Gasteiger partial charge in [-0.05, 0) is 22.8 Å². The van der Waals surface area contributed by atoms with Crippen LogP contribution >= 0.6 is 36.4 Å². The summed E-state index contributed by atoms with van der Waals surface area (Å²) in [6.45, 7) is 5.04. The minimum Gasteiger partial charge on any atom is -0.334 e. The van der Waals surface area contributed by atoms with E-state index in [4.69, 9.17) is 17.3 Å². The van der Waals surface area contributed by atoms with Crippen LogP contribution in [0.1, 0.15) is 16.7 Å². The van der Waals surface area contributed by atoms with E-state index in [2.05, 4.69) is 16.3 Å². The lowest BCUT2D eigenvalue weighted by Gasteiger charge is -2.34. The van der Waals surface area contributed by atoms with Crippen molar-refractivity contribution in [3.8, 4) is 0 Å². The van der Waals surface area contributed by atoms with Crippen molar-refractivity contribution >= 4 is 42.4 Å². The summed E-state index contributed by atoms with van der Waals surface area (Å²) >= 11 is 6.23. The summed E-state index contributed by atoms with van der Waals surface area (Å²) in [4.78, 5) is 16.6. The molecule has 28 heavy (non-hydrogen) atoms. The molecule has 1 aliphatic rings. The summed E-state index contributed by atoms with van der Waals surface area (Å²) in [6.07, 6.45) is 0. The fourth-order valence-electron chi connectivity index (χ4n) is 3.06. The summed E-state index contributed by atoms with van der Waals surface area (Å²) in [6, 6.07) is 15.9. The van der Waals surface area contributed by atoms with Crippen molar-refractivity contribution in [3.63, 3.8) is 0 Å². The van der Waals surface area contributed by atoms with Crippen molar-refractivity contribution < 1.29 is 4.79 Å². The van der Waals surface area contributed by atoms with E-state index in [1.165, 1.54) is 0 Å². The van der Waals surface area contributed by atoms with Crippen molar-refractivity contribution in [2.24, 2.45) is 5.73 Å². The summed E-state index contributed by atoms with van der Waals surface area (Å²) in [5.74, 6) is 0. The lowest BCUT2D eigenvalue weighted by atomic mass is 10.1. The van der Waals surface area contributed by atoms with Gasteiger partial charge in [-0.15, -0.1) is 24.8 Å². The highest BCUT2D eigenvalue weighted by Gasteiger charge is 2.21. The van der Waals surface area contributed by atoms with Crippen LogP contribution < -0.4 is 11.1 Å². The van der Waals surface area contributed by atoms with Gasteiger partial charge in [0.1, 0.15) is 0 Å². The number of benzene rings is 2. The molecule has 1 fully saturated rings. The molecule has 2 amide bonds. The van der Waals surface area contributed by atoms with Gasteiger partial charge in [-0.2, -0.15) is 0 Å². The van der Waals surface area contributed by atoms with E-state index in [-0.39, 0.29) is 30.8 Å². The number of piperazine rings is 1. The zero-order chi connectivity index (χ0) is 18.4. The summed E-state index contributed by atoms with van der Waals surface area (Å²) in [7, 11) is 0. The second-order valence-corrected chi connectivity index (χ2v) is 6.94. The molecule has 0 aliphatic carbocycles. The Hall–Kier alpha value is -1.50. The van der Waals surface area contributed by atoms with Crippen molar-refractivity contribution in [3.05, 3.63) is 70.2 Å². The van der Waals surface area contributed by atoms with Gasteiger partial charge in [0.2, 0.25) is 0 Å². The molecule has 0 saturated carbocycles. The minimum absolute atomic E-state index is 0. The Morgan fingerprint density at radius 3 is 2.18 bits per heavy atom. The fourth-order valence-corrected chi connectivity index (χ4v) is 3.25. The first-order valence-corrected chi connectivity index (χ1v) is 9.30. The van der Waals surface area contributed by atoms with Gasteiger partial charge in [-0.1, -0.05) is 54.1 Å². The molecule has 1 heterocycles. The monoisotopic (exact) mass is 444 g/mol. The largest absolute Gasteiger partial charge is 0.334 e. The van der Waals surface area contributed by atoms with Gasteiger partial charge in [-0.3, -0.25) is 4.90 Å². The third-order valence-corrected chi connectivity index (χ3v) is 5.08. The standard InChI is InChI=1S/C20H25ClN4O.2ClH/c21-19-4-2-1-3-18(19)15-24-9-11-25(12-10-24)20(26)23-14-17-7-5-16(13-22)6-8-17;;/h1-8H,9-15,22H2,(H,23,26);2*1H. The molecule has 3 N–H and O–H groups in total. The Morgan fingerprint density at radius 1 is 0.964 bits per heavy atom. The van der Waals surface area contributed by atoms with Crippen molar-refractivity contribution in [2.75, 3.05) is 26.2 Å². The molecule has 0 unspecified atom stereocenters. The van der Waals surface area contributed by atoms with E-state index in [1.54, 1.807) is 0 Å². The van der Waals surface area contributed by atoms with Crippen LogP contribution in [0.4, 0.5) is 4.79 Å². The van der Waals surface area contributed by atoms with Crippen LogP contribution in [0.15, 0.2) is 48.5 Å². The highest BCUT2D eigenvalue weighted by atomic mass is 35.5. The van der Waals surface area contributed by atoms with Gasteiger partial charge >= 0.3 is 6.03 Å². The van der Waals surface area contributed by atoms with E-state index < -0.39 is 0 Å². The minimum atomic E-state index is -0.00899. The smallest absolute Gasteiger partial charge is 0.317 e. The predicted molar refractivity (Wildman–Crippen MR) is 119 cm³/mol. The lowest BCUT2D eigenvalue weighted by molar-refractivity contribution is 0.135. The molecule has 0 spiro atoms. The average molecular weight is 446 g/mol. The number of nitrogens with one attached hydrogen (secondary N) is 1. The van der Waals surface area contributed by atoms with E-state index in [0.717, 1.165) is 54.4 Å². The SMILES string of the molecule is Cl.Cl.NCc1ccc(CNC(=O)N2CCN(Cc3ccccc3Cl)CC2)cc1. The molecule has 0 atom stereocenters. The van der Waals surface area contributed by atoms with E-state index in [0.29, 0.717) is 13.1 Å². The number of hydrogen-bond acceptors (Lipinski definition) is 3. The van der Waals surface area contributed by atoms with Crippen LogP contribution in [0.3, 0.4) is 0 Å². The third kappa shape index (κ3) is 6.83. The Bertz CT molecular complexity index is 734. The third-order valence-electron chi connectivity index (χ3n) is 4.71. The van der Waals surface area contributed by atoms with E-state index in [1.807, 2.05) is 47.4 Å². The van der Waals surface area contributed by atoms with E-state index >= 15 is 0 Å². The number of hydrogen-bond donors (Lipinski definition) is 2. The van der Waals surface area contributed by atoms with Crippen molar-refractivity contribution in [1.29, 1.82) is 0 Å². The molecule has 1 saturated heterocycles. The molecular formula is C20H27Cl3N4O. The number of carbonyl (C=O) groups excluding carboxylic acids is 1. The highest BCUT2D eigenvalue weighted by molar-refractivity contribution is 6.31. The molecule has 0 radical (unpaired) electrons. The van der Waals surface area contributed by atoms with Gasteiger partial charge in [-0.25, -0.2) is 4.79 Å². The molecule has 0 bridgehead atoms. The van der Waals surface area contributed by atoms with Crippen LogP contribution in [0, 0.1) is 0 Å². The molecule has 3 rings (SSSR count). The number of urea groups is 1. The fraction of sp³-hybridized carbons (Fsp3) is 0.350. The lowest BCUT2D eigenvalue weighted by Crippen LogP contribution is -2.51. The molecule has 5 nitrogen and oxygen atoms in total. The zero-order valence-corrected chi connectivity index (χ0v) is 18.0. The molecule has 0 aromatic heterocycles. The van der Waals surface area contributed by atoms with Gasteiger partial charge < -0.3 is 16.0 Å². The Balaban J connectivity index is 0.00000196. The number of rotatable bonds is 5. The molecule has 8 heteroatoms. The maximum atomic E-state index is 12.4. The number of carbonyl (C=O) groups is 1. The Morgan fingerprint density at radius 2 is 1.57 bits per heavy atom. The first-order valence-electron chi connectivity index (χ1n) is 8.92. The van der Waals surface area contributed by atoms with Crippen molar-refractivity contribution in [2.45, 2.75) is 19.6 Å². The Kier molecular flexibility index (Phi) is 10.6. The van der Waals surface area contributed by atoms with Gasteiger partial charge in [0.05, 0.1) is 0 Å². The topological polar surface area (TPSA) is 61.6 Å². The molecule has 2 aromatic carbocycles. The number of halogens is 3. The van der Waals surface area contributed by atoms with Crippen LogP contribution in [0.25, 0.3) is 0 Å².